The normalized spacial score (nSPS) is 20.3. The highest BCUT2D eigenvalue weighted by Gasteiger charge is 2.28. The van der Waals surface area contributed by atoms with E-state index in [1.54, 1.807) is 0 Å². The lowest BCUT2D eigenvalue weighted by Crippen LogP contribution is -2.49. The third kappa shape index (κ3) is 4.26. The number of aliphatic hydroxyl groups excluding tert-OH is 1. The maximum atomic E-state index is 8.82. The Hall–Kier alpha value is -1.69. The molecule has 2 aromatic rings. The second-order valence-corrected chi connectivity index (χ2v) is 7.89. The summed E-state index contributed by atoms with van der Waals surface area (Å²) in [6, 6.07) is 7.30. The van der Waals surface area contributed by atoms with Gasteiger partial charge in [-0.2, -0.15) is 0 Å². The number of aromatic nitrogens is 1. The van der Waals surface area contributed by atoms with Crippen LogP contribution in [0.15, 0.2) is 30.6 Å². The first-order valence-electron chi connectivity index (χ1n) is 10.5. The molecule has 5 nitrogen and oxygen atoms in total. The Kier molecular flexibility index (Phi) is 6.22. The number of nitrogens with one attached hydrogen (secondary N) is 1. The van der Waals surface area contributed by atoms with Gasteiger partial charge in [0.05, 0.1) is 6.61 Å². The number of piperidine rings is 1. The van der Waals surface area contributed by atoms with Crippen LogP contribution in [-0.2, 0) is 6.42 Å². The molecule has 0 amide bonds. The highest BCUT2D eigenvalue weighted by Crippen LogP contribution is 2.36. The molecule has 0 aliphatic carbocycles. The Morgan fingerprint density at radius 3 is 3.04 bits per heavy atom. The van der Waals surface area contributed by atoms with E-state index in [4.69, 9.17) is 5.11 Å². The number of hydrogen-bond acceptors (Lipinski definition) is 5. The van der Waals surface area contributed by atoms with Crippen molar-refractivity contribution in [1.29, 1.82) is 0 Å². The predicted octanol–water partition coefficient (Wildman–Crippen LogP) is 2.42. The molecule has 3 heterocycles. The zero-order valence-corrected chi connectivity index (χ0v) is 16.2. The lowest BCUT2D eigenvalue weighted by atomic mass is 9.95. The molecule has 1 unspecified atom stereocenters. The summed E-state index contributed by atoms with van der Waals surface area (Å²) in [5.74, 6) is 0. The molecule has 2 aliphatic heterocycles. The fourth-order valence-corrected chi connectivity index (χ4v) is 4.73. The summed E-state index contributed by atoms with van der Waals surface area (Å²) in [4.78, 5) is 9.75. The van der Waals surface area contributed by atoms with Crippen LogP contribution < -0.4 is 10.2 Å². The van der Waals surface area contributed by atoms with Crippen LogP contribution in [0.2, 0.25) is 0 Å². The summed E-state index contributed by atoms with van der Waals surface area (Å²) < 4.78 is 0. The second kappa shape index (κ2) is 9.00. The summed E-state index contributed by atoms with van der Waals surface area (Å²) in [7, 11) is 0. The van der Waals surface area contributed by atoms with E-state index in [9.17, 15) is 0 Å². The molecule has 4 rings (SSSR count). The molecule has 1 saturated heterocycles. The topological polar surface area (TPSA) is 51.6 Å². The van der Waals surface area contributed by atoms with Crippen molar-refractivity contribution in [2.45, 2.75) is 38.1 Å². The van der Waals surface area contributed by atoms with Crippen molar-refractivity contribution in [3.63, 3.8) is 0 Å². The Labute approximate surface area is 162 Å². The highest BCUT2D eigenvalue weighted by atomic mass is 16.3. The third-order valence-corrected chi connectivity index (χ3v) is 6.06. The van der Waals surface area contributed by atoms with Gasteiger partial charge < -0.3 is 20.2 Å². The molecule has 2 aliphatic rings. The molecule has 1 fully saturated rings. The van der Waals surface area contributed by atoms with E-state index in [2.05, 4.69) is 44.5 Å². The Morgan fingerprint density at radius 1 is 1.15 bits per heavy atom. The average molecular weight is 369 g/mol. The number of rotatable bonds is 8. The van der Waals surface area contributed by atoms with Crippen molar-refractivity contribution in [2.75, 3.05) is 50.8 Å². The molecular formula is C22H32N4O. The Bertz CT molecular complexity index is 745. The molecule has 1 aromatic carbocycles. The van der Waals surface area contributed by atoms with Crippen LogP contribution >= 0.6 is 0 Å². The summed E-state index contributed by atoms with van der Waals surface area (Å²) in [5.41, 5.74) is 2.82. The van der Waals surface area contributed by atoms with E-state index in [0.29, 0.717) is 12.6 Å². The van der Waals surface area contributed by atoms with Gasteiger partial charge in [0.15, 0.2) is 0 Å². The summed E-state index contributed by atoms with van der Waals surface area (Å²) in [6.07, 6.45) is 10.2. The number of aliphatic hydroxyl groups is 1. The number of likely N-dealkylation sites (tertiary alicyclic amines) is 1. The van der Waals surface area contributed by atoms with Gasteiger partial charge in [-0.1, -0.05) is 12.1 Å². The molecule has 27 heavy (non-hydrogen) atoms. The van der Waals surface area contributed by atoms with E-state index in [1.165, 1.54) is 67.3 Å². The van der Waals surface area contributed by atoms with Gasteiger partial charge in [0.2, 0.25) is 0 Å². The van der Waals surface area contributed by atoms with Gasteiger partial charge in [0, 0.05) is 54.5 Å². The molecule has 2 N–H and O–H groups in total. The average Bonchev–Trinajstić information content (AvgIpc) is 2.72. The quantitative estimate of drug-likeness (QED) is 0.701. The van der Waals surface area contributed by atoms with Crippen molar-refractivity contribution >= 4 is 16.5 Å². The second-order valence-electron chi connectivity index (χ2n) is 7.89. The molecule has 5 heteroatoms. The lowest BCUT2D eigenvalue weighted by Gasteiger charge is -2.43. The van der Waals surface area contributed by atoms with Crippen LogP contribution in [0.4, 0.5) is 5.69 Å². The van der Waals surface area contributed by atoms with Crippen LogP contribution in [0.3, 0.4) is 0 Å². The molecule has 0 radical (unpaired) electrons. The van der Waals surface area contributed by atoms with Gasteiger partial charge in [-0.15, -0.1) is 0 Å². The maximum Gasteiger partial charge on any atom is 0.0555 e. The number of unbranched alkanes of at least 4 members (excludes halogenated alkanes) is 1. The zero-order valence-electron chi connectivity index (χ0n) is 16.2. The fraction of sp³-hybridized carbons (Fsp3) is 0.591. The minimum atomic E-state index is 0.232. The van der Waals surface area contributed by atoms with Gasteiger partial charge in [-0.05, 0) is 63.4 Å². The van der Waals surface area contributed by atoms with E-state index in [1.807, 2.05) is 6.20 Å². The number of hydrogen-bond donors (Lipinski definition) is 2. The minimum absolute atomic E-state index is 0.232. The standard InChI is InChI=1S/C22H32N4O/c27-14-10-23-9-1-2-11-25-12-4-6-20(17-25)26-13-8-19-16-24-15-18-5-3-7-21(26)22(18)19/h3,5,7,15-16,20,23,27H,1-2,4,6,8-14,17H2. The van der Waals surface area contributed by atoms with E-state index in [-0.39, 0.29) is 6.61 Å². The number of benzene rings is 1. The maximum absolute atomic E-state index is 8.82. The number of nitrogens with zero attached hydrogens (tertiary/aromatic N) is 3. The zero-order chi connectivity index (χ0) is 18.5. The molecular weight excluding hydrogens is 336 g/mol. The molecule has 1 aromatic heterocycles. The summed E-state index contributed by atoms with van der Waals surface area (Å²) in [5, 5.41) is 14.8. The summed E-state index contributed by atoms with van der Waals surface area (Å²) in [6.45, 7) is 6.67. The number of anilines is 1. The van der Waals surface area contributed by atoms with E-state index in [0.717, 1.165) is 19.5 Å². The van der Waals surface area contributed by atoms with Crippen LogP contribution in [0, 0.1) is 0 Å². The van der Waals surface area contributed by atoms with Gasteiger partial charge >= 0.3 is 0 Å². The van der Waals surface area contributed by atoms with E-state index < -0.39 is 0 Å². The first kappa shape index (κ1) is 18.7. The fourth-order valence-electron chi connectivity index (χ4n) is 4.73. The van der Waals surface area contributed by atoms with E-state index >= 15 is 0 Å². The van der Waals surface area contributed by atoms with Gasteiger partial charge in [0.25, 0.3) is 0 Å². The molecule has 0 bridgehead atoms. The first-order valence-corrected chi connectivity index (χ1v) is 10.5. The summed E-state index contributed by atoms with van der Waals surface area (Å²) >= 11 is 0. The predicted molar refractivity (Wildman–Crippen MR) is 111 cm³/mol. The van der Waals surface area contributed by atoms with Gasteiger partial charge in [0.1, 0.15) is 0 Å². The van der Waals surface area contributed by atoms with Crippen molar-refractivity contribution in [2.24, 2.45) is 0 Å². The smallest absolute Gasteiger partial charge is 0.0555 e. The van der Waals surface area contributed by atoms with Crippen LogP contribution in [0.5, 0.6) is 0 Å². The molecule has 1 atom stereocenters. The van der Waals surface area contributed by atoms with Crippen molar-refractivity contribution in [1.82, 2.24) is 15.2 Å². The van der Waals surface area contributed by atoms with Crippen LogP contribution in [-0.4, -0.2) is 66.9 Å². The molecule has 146 valence electrons. The van der Waals surface area contributed by atoms with Crippen molar-refractivity contribution in [3.05, 3.63) is 36.2 Å². The Balaban J connectivity index is 1.38. The Morgan fingerprint density at radius 2 is 2.11 bits per heavy atom. The first-order chi connectivity index (χ1) is 13.4. The van der Waals surface area contributed by atoms with Crippen LogP contribution in [0.25, 0.3) is 10.8 Å². The largest absolute Gasteiger partial charge is 0.395 e. The molecule has 0 spiro atoms. The van der Waals surface area contributed by atoms with Crippen molar-refractivity contribution < 1.29 is 5.11 Å². The van der Waals surface area contributed by atoms with Crippen LogP contribution in [0.1, 0.15) is 31.2 Å². The van der Waals surface area contributed by atoms with Gasteiger partial charge in [-0.3, -0.25) is 4.98 Å². The molecule has 0 saturated carbocycles. The third-order valence-electron chi connectivity index (χ3n) is 6.06. The number of pyridine rings is 1. The SMILES string of the molecule is OCCNCCCCN1CCCC(N2CCc3cncc4cccc2c34)C1. The van der Waals surface area contributed by atoms with Crippen molar-refractivity contribution in [3.8, 4) is 0 Å². The minimum Gasteiger partial charge on any atom is -0.395 e. The highest BCUT2D eigenvalue weighted by molar-refractivity contribution is 5.97. The lowest BCUT2D eigenvalue weighted by molar-refractivity contribution is 0.200. The monoisotopic (exact) mass is 368 g/mol. The van der Waals surface area contributed by atoms with Gasteiger partial charge in [-0.25, -0.2) is 0 Å².